The number of thiophene rings is 1. The van der Waals surface area contributed by atoms with Crippen LogP contribution < -0.4 is 4.74 Å². The van der Waals surface area contributed by atoms with Gasteiger partial charge in [-0.2, -0.15) is 0 Å². The third kappa shape index (κ3) is 3.59. The van der Waals surface area contributed by atoms with E-state index in [0.29, 0.717) is 11.5 Å². The highest BCUT2D eigenvalue weighted by molar-refractivity contribution is 7.17. The lowest BCUT2D eigenvalue weighted by Crippen LogP contribution is -2.27. The smallest absolute Gasteiger partial charge is 0.348 e. The summed E-state index contributed by atoms with van der Waals surface area (Å²) in [6.07, 6.45) is 0. The highest BCUT2D eigenvalue weighted by Crippen LogP contribution is 2.42. The Morgan fingerprint density at radius 2 is 2.00 bits per heavy atom. The minimum atomic E-state index is -0.605. The lowest BCUT2D eigenvalue weighted by Gasteiger charge is -2.19. The Morgan fingerprint density at radius 1 is 1.25 bits per heavy atom. The van der Waals surface area contributed by atoms with Gasteiger partial charge in [0.2, 0.25) is 0 Å². The normalized spacial score (nSPS) is 12.6. The predicted octanol–water partition coefficient (Wildman–Crippen LogP) is 3.81. The van der Waals surface area contributed by atoms with E-state index >= 15 is 0 Å². The van der Waals surface area contributed by atoms with Crippen molar-refractivity contribution in [3.8, 4) is 16.2 Å². The molecule has 2 aromatic rings. The highest BCUT2D eigenvalue weighted by atomic mass is 32.1. The van der Waals surface area contributed by atoms with Crippen LogP contribution in [0.15, 0.2) is 30.3 Å². The average Bonchev–Trinajstić information content (AvgIpc) is 2.95. The lowest BCUT2D eigenvalue weighted by molar-refractivity contribution is -0.158. The molecule has 0 bridgehead atoms. The van der Waals surface area contributed by atoms with Crippen molar-refractivity contribution in [1.82, 2.24) is 0 Å². The quantitative estimate of drug-likeness (QED) is 0.791. The van der Waals surface area contributed by atoms with Gasteiger partial charge in [-0.05, 0) is 39.0 Å². The maximum absolute atomic E-state index is 12.2. The van der Waals surface area contributed by atoms with Crippen LogP contribution in [0.4, 0.5) is 0 Å². The summed E-state index contributed by atoms with van der Waals surface area (Å²) < 4.78 is 15.9. The van der Waals surface area contributed by atoms with Crippen molar-refractivity contribution in [3.05, 3.63) is 40.8 Å². The van der Waals surface area contributed by atoms with Crippen LogP contribution in [0, 0.1) is 0 Å². The van der Waals surface area contributed by atoms with Crippen LogP contribution in [0.3, 0.4) is 0 Å². The fourth-order valence-electron chi connectivity index (χ4n) is 2.37. The van der Waals surface area contributed by atoms with Crippen LogP contribution in [0.25, 0.3) is 10.4 Å². The van der Waals surface area contributed by atoms with Gasteiger partial charge in [-0.25, -0.2) is 9.59 Å². The molecule has 0 atom stereocenters. The summed E-state index contributed by atoms with van der Waals surface area (Å²) in [5.41, 5.74) is 1.31. The second kappa shape index (κ2) is 6.28. The molecule has 6 heteroatoms. The maximum atomic E-state index is 12.2. The number of hydrogen-bond acceptors (Lipinski definition) is 6. The molecule has 0 radical (unpaired) electrons. The van der Waals surface area contributed by atoms with E-state index in [1.807, 2.05) is 24.3 Å². The van der Waals surface area contributed by atoms with Gasteiger partial charge in [-0.15, -0.1) is 11.3 Å². The number of rotatable bonds is 3. The van der Waals surface area contributed by atoms with Crippen molar-refractivity contribution in [2.24, 2.45) is 0 Å². The minimum Gasteiger partial charge on any atom is -0.488 e. The van der Waals surface area contributed by atoms with Gasteiger partial charge >= 0.3 is 11.9 Å². The summed E-state index contributed by atoms with van der Waals surface area (Å²) >= 11 is 1.34. The molecule has 0 unspecified atom stereocenters. The summed E-state index contributed by atoms with van der Waals surface area (Å²) in [5, 5.41) is 0. The Balaban J connectivity index is 1.70. The fraction of sp³-hybridized carbons (Fsp3) is 0.333. The molecule has 0 saturated carbocycles. The summed E-state index contributed by atoms with van der Waals surface area (Å²) in [6, 6.07) is 9.45. The van der Waals surface area contributed by atoms with Crippen LogP contribution in [0.5, 0.6) is 5.75 Å². The van der Waals surface area contributed by atoms with Gasteiger partial charge in [-0.1, -0.05) is 12.1 Å². The van der Waals surface area contributed by atoms with Crippen LogP contribution in [-0.2, 0) is 20.9 Å². The van der Waals surface area contributed by atoms with Gasteiger partial charge in [-0.3, -0.25) is 0 Å². The zero-order chi connectivity index (χ0) is 17.3. The van der Waals surface area contributed by atoms with Gasteiger partial charge in [0.15, 0.2) is 6.61 Å². The lowest BCUT2D eigenvalue weighted by atomic mass is 10.1. The average molecular weight is 346 g/mol. The monoisotopic (exact) mass is 346 g/mol. The molecule has 0 aliphatic carbocycles. The fourth-order valence-corrected chi connectivity index (χ4v) is 3.46. The van der Waals surface area contributed by atoms with E-state index < -0.39 is 24.1 Å². The molecule has 0 spiro atoms. The Hall–Kier alpha value is -2.34. The molecule has 1 aliphatic rings. The second-order valence-corrected chi connectivity index (χ2v) is 7.46. The molecule has 0 saturated heterocycles. The molecular formula is C18H18O5S. The zero-order valence-corrected chi connectivity index (χ0v) is 14.6. The zero-order valence-electron chi connectivity index (χ0n) is 13.8. The van der Waals surface area contributed by atoms with Crippen LogP contribution in [-0.4, -0.2) is 24.1 Å². The van der Waals surface area contributed by atoms with Crippen LogP contribution in [0.1, 0.15) is 36.0 Å². The third-order valence-corrected chi connectivity index (χ3v) is 4.46. The van der Waals surface area contributed by atoms with Crippen molar-refractivity contribution in [1.29, 1.82) is 0 Å². The Morgan fingerprint density at radius 3 is 2.75 bits per heavy atom. The molecule has 1 aliphatic heterocycles. The Labute approximate surface area is 144 Å². The van der Waals surface area contributed by atoms with E-state index in [1.54, 1.807) is 26.8 Å². The molecule has 1 aromatic heterocycles. The molecule has 2 heterocycles. The first-order valence-electron chi connectivity index (χ1n) is 7.57. The first-order valence-corrected chi connectivity index (χ1v) is 8.39. The van der Waals surface area contributed by atoms with E-state index in [1.165, 1.54) is 11.3 Å². The van der Waals surface area contributed by atoms with E-state index in [4.69, 9.17) is 14.2 Å². The largest absolute Gasteiger partial charge is 0.488 e. The van der Waals surface area contributed by atoms with Crippen LogP contribution in [0.2, 0.25) is 0 Å². The number of hydrogen-bond donors (Lipinski definition) is 0. The van der Waals surface area contributed by atoms with Gasteiger partial charge in [0.1, 0.15) is 22.8 Å². The number of benzene rings is 1. The summed E-state index contributed by atoms with van der Waals surface area (Å²) in [6.45, 7) is 5.31. The van der Waals surface area contributed by atoms with Gasteiger partial charge in [0.05, 0.1) is 0 Å². The molecule has 24 heavy (non-hydrogen) atoms. The Kier molecular flexibility index (Phi) is 4.32. The van der Waals surface area contributed by atoms with E-state index in [-0.39, 0.29) is 0 Å². The van der Waals surface area contributed by atoms with E-state index in [2.05, 4.69) is 0 Å². The van der Waals surface area contributed by atoms with Crippen LogP contribution >= 0.6 is 11.3 Å². The van der Waals surface area contributed by atoms with Gasteiger partial charge in [0, 0.05) is 16.0 Å². The number of fused-ring (bicyclic) bond motifs is 3. The van der Waals surface area contributed by atoms with Crippen molar-refractivity contribution in [2.75, 3.05) is 6.61 Å². The molecule has 0 N–H and O–H groups in total. The van der Waals surface area contributed by atoms with Crippen molar-refractivity contribution >= 4 is 23.3 Å². The standard InChI is InChI=1S/C18H18O5S/c1-18(2,3)23-15(19)10-22-17(20)14-8-11-9-21-13-7-5-4-6-12(13)16(11)24-14/h4-8H,9-10H2,1-3H3. The van der Waals surface area contributed by atoms with Gasteiger partial charge in [0.25, 0.3) is 0 Å². The summed E-state index contributed by atoms with van der Waals surface area (Å²) in [7, 11) is 0. The predicted molar refractivity (Wildman–Crippen MR) is 90.2 cm³/mol. The van der Waals surface area contributed by atoms with Crippen molar-refractivity contribution < 1.29 is 23.8 Å². The number of carbonyl (C=O) groups excluding carboxylic acids is 2. The Bertz CT molecular complexity index is 785. The SMILES string of the molecule is CC(C)(C)OC(=O)COC(=O)c1cc2c(s1)-c1ccccc1OC2. The number of para-hydroxylation sites is 1. The van der Waals surface area contributed by atoms with E-state index in [0.717, 1.165) is 21.8 Å². The molecule has 5 nitrogen and oxygen atoms in total. The molecule has 1 aromatic carbocycles. The minimum absolute atomic E-state index is 0.397. The number of esters is 2. The number of carbonyl (C=O) groups is 2. The number of ether oxygens (including phenoxy) is 3. The first-order chi connectivity index (χ1) is 11.3. The maximum Gasteiger partial charge on any atom is 0.348 e. The topological polar surface area (TPSA) is 61.8 Å². The van der Waals surface area contributed by atoms with Gasteiger partial charge < -0.3 is 14.2 Å². The molecule has 0 fully saturated rings. The molecular weight excluding hydrogens is 328 g/mol. The first kappa shape index (κ1) is 16.5. The summed E-state index contributed by atoms with van der Waals surface area (Å²) in [4.78, 5) is 25.3. The third-order valence-electron chi connectivity index (χ3n) is 3.27. The highest BCUT2D eigenvalue weighted by Gasteiger charge is 2.24. The van der Waals surface area contributed by atoms with Crippen molar-refractivity contribution in [2.45, 2.75) is 33.0 Å². The summed E-state index contributed by atoms with van der Waals surface area (Å²) in [5.74, 6) is -0.288. The molecule has 0 amide bonds. The molecule has 126 valence electrons. The van der Waals surface area contributed by atoms with Crippen molar-refractivity contribution in [3.63, 3.8) is 0 Å². The van der Waals surface area contributed by atoms with E-state index in [9.17, 15) is 9.59 Å². The molecule has 3 rings (SSSR count). The second-order valence-electron chi connectivity index (χ2n) is 6.41.